The lowest BCUT2D eigenvalue weighted by Gasteiger charge is -2.31. The van der Waals surface area contributed by atoms with Gasteiger partial charge in [0.2, 0.25) is 10.0 Å². The van der Waals surface area contributed by atoms with Crippen LogP contribution in [0.5, 0.6) is 0 Å². The molecule has 1 amide bonds. The molecule has 1 N–H and O–H groups in total. The zero-order chi connectivity index (χ0) is 21.2. The molecule has 1 saturated heterocycles. The molecule has 156 valence electrons. The number of amides is 1. The molecule has 0 aromatic heterocycles. The summed E-state index contributed by atoms with van der Waals surface area (Å²) in [7, 11) is -1.64. The largest absolute Gasteiger partial charge is 0.346 e. The Labute approximate surface area is 173 Å². The predicted octanol–water partition coefficient (Wildman–Crippen LogP) is 2.73. The van der Waals surface area contributed by atoms with Crippen molar-refractivity contribution in [3.05, 3.63) is 64.7 Å². The molecule has 0 saturated carbocycles. The Bertz CT molecular complexity index is 979. The number of hydrogen-bond acceptors (Lipinski definition) is 4. The van der Waals surface area contributed by atoms with Crippen molar-refractivity contribution in [1.29, 1.82) is 0 Å². The van der Waals surface area contributed by atoms with E-state index in [2.05, 4.69) is 10.2 Å². The number of aryl methyl sites for hydroxylation is 2. The van der Waals surface area contributed by atoms with E-state index in [1.807, 2.05) is 52.1 Å². The van der Waals surface area contributed by atoms with Crippen LogP contribution in [-0.2, 0) is 10.0 Å². The van der Waals surface area contributed by atoms with Crippen LogP contribution in [0.3, 0.4) is 0 Å². The SMILES string of the molecule is Cc1ccc(C(C)NC(=O)c2cc(S(=O)(=O)N3CCN(C)CC3)ccc2C)cc1. The molecule has 2 aromatic rings. The number of carbonyl (C=O) groups is 1. The number of rotatable bonds is 5. The van der Waals surface area contributed by atoms with Gasteiger partial charge in [0.25, 0.3) is 5.91 Å². The number of likely N-dealkylation sites (N-methyl/N-ethyl adjacent to an activating group) is 1. The molecular formula is C22H29N3O3S. The first-order valence-electron chi connectivity index (χ1n) is 9.85. The van der Waals surface area contributed by atoms with E-state index < -0.39 is 10.0 Å². The van der Waals surface area contributed by atoms with Crippen LogP contribution in [0.15, 0.2) is 47.4 Å². The van der Waals surface area contributed by atoms with Gasteiger partial charge in [0.1, 0.15) is 0 Å². The quantitative estimate of drug-likeness (QED) is 0.815. The van der Waals surface area contributed by atoms with Gasteiger partial charge in [-0.25, -0.2) is 8.42 Å². The highest BCUT2D eigenvalue weighted by Gasteiger charge is 2.28. The minimum Gasteiger partial charge on any atom is -0.346 e. The molecule has 0 radical (unpaired) electrons. The fourth-order valence-corrected chi connectivity index (χ4v) is 4.85. The molecule has 2 aromatic carbocycles. The molecule has 1 aliphatic rings. The van der Waals surface area contributed by atoms with Gasteiger partial charge in [0.15, 0.2) is 0 Å². The van der Waals surface area contributed by atoms with Gasteiger partial charge in [-0.15, -0.1) is 0 Å². The van der Waals surface area contributed by atoms with Gasteiger partial charge in [-0.2, -0.15) is 4.31 Å². The van der Waals surface area contributed by atoms with Gasteiger partial charge < -0.3 is 10.2 Å². The van der Waals surface area contributed by atoms with E-state index in [1.54, 1.807) is 12.1 Å². The Kier molecular flexibility index (Phi) is 6.41. The summed E-state index contributed by atoms with van der Waals surface area (Å²) in [5, 5.41) is 2.98. The Hall–Kier alpha value is -2.22. The highest BCUT2D eigenvalue weighted by atomic mass is 32.2. The van der Waals surface area contributed by atoms with Crippen molar-refractivity contribution in [2.45, 2.75) is 31.7 Å². The van der Waals surface area contributed by atoms with Gasteiger partial charge in [-0.3, -0.25) is 4.79 Å². The molecule has 7 heteroatoms. The second-order valence-electron chi connectivity index (χ2n) is 7.79. The minimum absolute atomic E-state index is 0.167. The lowest BCUT2D eigenvalue weighted by molar-refractivity contribution is 0.0939. The molecule has 1 fully saturated rings. The van der Waals surface area contributed by atoms with E-state index in [-0.39, 0.29) is 16.8 Å². The second-order valence-corrected chi connectivity index (χ2v) is 9.73. The third-order valence-electron chi connectivity index (χ3n) is 5.48. The van der Waals surface area contributed by atoms with E-state index in [9.17, 15) is 13.2 Å². The number of hydrogen-bond donors (Lipinski definition) is 1. The monoisotopic (exact) mass is 415 g/mol. The van der Waals surface area contributed by atoms with Crippen molar-refractivity contribution in [3.63, 3.8) is 0 Å². The van der Waals surface area contributed by atoms with Crippen LogP contribution in [0.1, 0.15) is 40.0 Å². The zero-order valence-corrected chi connectivity index (χ0v) is 18.3. The standard InChI is InChI=1S/C22H29N3O3S/c1-16-5-8-19(9-6-16)18(3)23-22(26)21-15-20(10-7-17(21)2)29(27,28)25-13-11-24(4)12-14-25/h5-10,15,18H,11-14H2,1-4H3,(H,23,26). The summed E-state index contributed by atoms with van der Waals surface area (Å²) in [6.07, 6.45) is 0. The maximum absolute atomic E-state index is 13.0. The van der Waals surface area contributed by atoms with Crippen molar-refractivity contribution in [2.75, 3.05) is 33.2 Å². The van der Waals surface area contributed by atoms with Crippen molar-refractivity contribution in [1.82, 2.24) is 14.5 Å². The predicted molar refractivity (Wildman–Crippen MR) is 114 cm³/mol. The van der Waals surface area contributed by atoms with E-state index in [0.717, 1.165) is 16.7 Å². The first-order chi connectivity index (χ1) is 13.7. The molecule has 1 atom stereocenters. The summed E-state index contributed by atoms with van der Waals surface area (Å²) in [6.45, 7) is 8.07. The van der Waals surface area contributed by atoms with Crippen LogP contribution in [0.4, 0.5) is 0 Å². The molecule has 0 bridgehead atoms. The molecule has 1 heterocycles. The van der Waals surface area contributed by atoms with Gasteiger partial charge in [-0.1, -0.05) is 35.9 Å². The van der Waals surface area contributed by atoms with E-state index >= 15 is 0 Å². The average Bonchev–Trinajstić information content (AvgIpc) is 2.68. The highest BCUT2D eigenvalue weighted by Crippen LogP contribution is 2.22. The van der Waals surface area contributed by atoms with Crippen LogP contribution in [0, 0.1) is 13.8 Å². The van der Waals surface area contributed by atoms with Crippen molar-refractivity contribution < 1.29 is 13.2 Å². The lowest BCUT2D eigenvalue weighted by atomic mass is 10.0. The molecule has 0 spiro atoms. The topological polar surface area (TPSA) is 69.7 Å². The number of sulfonamides is 1. The molecule has 3 rings (SSSR count). The minimum atomic E-state index is -3.62. The van der Waals surface area contributed by atoms with Crippen LogP contribution in [0.25, 0.3) is 0 Å². The van der Waals surface area contributed by atoms with Crippen LogP contribution >= 0.6 is 0 Å². The van der Waals surface area contributed by atoms with Crippen molar-refractivity contribution >= 4 is 15.9 Å². The van der Waals surface area contributed by atoms with Gasteiger partial charge >= 0.3 is 0 Å². The second kappa shape index (κ2) is 8.65. The summed E-state index contributed by atoms with van der Waals surface area (Å²) in [6, 6.07) is 12.6. The van der Waals surface area contributed by atoms with Crippen LogP contribution < -0.4 is 5.32 Å². The Morgan fingerprint density at radius 3 is 2.24 bits per heavy atom. The van der Waals surface area contributed by atoms with Crippen LogP contribution in [-0.4, -0.2) is 56.8 Å². The summed E-state index contributed by atoms with van der Waals surface area (Å²) >= 11 is 0. The first-order valence-corrected chi connectivity index (χ1v) is 11.3. The average molecular weight is 416 g/mol. The molecular weight excluding hydrogens is 386 g/mol. The number of nitrogens with one attached hydrogen (secondary N) is 1. The maximum Gasteiger partial charge on any atom is 0.252 e. The van der Waals surface area contributed by atoms with Gasteiger partial charge in [0, 0.05) is 31.7 Å². The lowest BCUT2D eigenvalue weighted by Crippen LogP contribution is -2.47. The molecule has 1 unspecified atom stereocenters. The van der Waals surface area contributed by atoms with E-state index in [0.29, 0.717) is 31.7 Å². The fourth-order valence-electron chi connectivity index (χ4n) is 3.40. The Morgan fingerprint density at radius 1 is 1.00 bits per heavy atom. The molecule has 0 aliphatic carbocycles. The molecule has 29 heavy (non-hydrogen) atoms. The third kappa shape index (κ3) is 4.86. The first kappa shape index (κ1) is 21.5. The summed E-state index contributed by atoms with van der Waals surface area (Å²) in [5.41, 5.74) is 3.29. The third-order valence-corrected chi connectivity index (χ3v) is 7.37. The van der Waals surface area contributed by atoms with Crippen molar-refractivity contribution in [3.8, 4) is 0 Å². The fraction of sp³-hybridized carbons (Fsp3) is 0.409. The van der Waals surface area contributed by atoms with E-state index in [1.165, 1.54) is 10.4 Å². The maximum atomic E-state index is 13.0. The van der Waals surface area contributed by atoms with Crippen molar-refractivity contribution in [2.24, 2.45) is 0 Å². The zero-order valence-electron chi connectivity index (χ0n) is 17.5. The summed E-state index contributed by atoms with van der Waals surface area (Å²) < 4.78 is 27.6. The molecule has 6 nitrogen and oxygen atoms in total. The van der Waals surface area contributed by atoms with Crippen LogP contribution in [0.2, 0.25) is 0 Å². The van der Waals surface area contributed by atoms with E-state index in [4.69, 9.17) is 0 Å². The summed E-state index contributed by atoms with van der Waals surface area (Å²) in [4.78, 5) is 15.2. The normalized spacial score (nSPS) is 17.1. The number of piperazine rings is 1. The summed E-state index contributed by atoms with van der Waals surface area (Å²) in [5.74, 6) is -0.272. The number of nitrogens with zero attached hydrogens (tertiary/aromatic N) is 2. The number of benzene rings is 2. The Morgan fingerprint density at radius 2 is 1.62 bits per heavy atom. The van der Waals surface area contributed by atoms with Gasteiger partial charge in [-0.05, 0) is 51.1 Å². The van der Waals surface area contributed by atoms with Gasteiger partial charge in [0.05, 0.1) is 10.9 Å². The number of carbonyl (C=O) groups excluding carboxylic acids is 1. The highest BCUT2D eigenvalue weighted by molar-refractivity contribution is 7.89. The smallest absolute Gasteiger partial charge is 0.252 e. The molecule has 1 aliphatic heterocycles. The Balaban J connectivity index is 1.81.